The number of hydrogen-bond donors (Lipinski definition) is 2. The average Bonchev–Trinajstić information content (AvgIpc) is 2.90. The molecule has 0 radical (unpaired) electrons. The number of fused-ring (bicyclic) bond motifs is 1. The number of aliphatic hydroxyl groups excluding tert-OH is 1. The SMILES string of the molecule is O=C1CCCc2cc(C(O)CN3CCC(Cc4ccccc4)CC3)ccc2N1. The van der Waals surface area contributed by atoms with Crippen LogP contribution in [0.1, 0.15) is 48.5 Å². The highest BCUT2D eigenvalue weighted by atomic mass is 16.3. The third kappa shape index (κ3) is 4.81. The van der Waals surface area contributed by atoms with Crippen molar-refractivity contribution in [3.05, 3.63) is 65.2 Å². The number of rotatable bonds is 5. The van der Waals surface area contributed by atoms with E-state index in [1.165, 1.54) is 18.4 Å². The molecular weight excluding hydrogens is 348 g/mol. The highest BCUT2D eigenvalue weighted by molar-refractivity contribution is 5.92. The standard InChI is InChI=1S/C24H30N2O2/c27-23(21-9-10-22-20(16-21)7-4-8-24(28)25-22)17-26-13-11-19(12-14-26)15-18-5-2-1-3-6-18/h1-3,5-6,9-10,16,19,23,27H,4,7-8,11-15,17H2,(H,25,28). The number of anilines is 1. The highest BCUT2D eigenvalue weighted by Crippen LogP contribution is 2.28. The monoisotopic (exact) mass is 378 g/mol. The van der Waals surface area contributed by atoms with Crippen molar-refractivity contribution in [3.63, 3.8) is 0 Å². The molecule has 2 aliphatic rings. The summed E-state index contributed by atoms with van der Waals surface area (Å²) in [6, 6.07) is 16.7. The lowest BCUT2D eigenvalue weighted by Gasteiger charge is -2.33. The fourth-order valence-electron chi connectivity index (χ4n) is 4.47. The summed E-state index contributed by atoms with van der Waals surface area (Å²) >= 11 is 0. The summed E-state index contributed by atoms with van der Waals surface area (Å²) in [7, 11) is 0. The van der Waals surface area contributed by atoms with Crippen molar-refractivity contribution in [2.24, 2.45) is 5.92 Å². The van der Waals surface area contributed by atoms with Crippen LogP contribution >= 0.6 is 0 Å². The summed E-state index contributed by atoms with van der Waals surface area (Å²) in [5.41, 5.74) is 4.43. The van der Waals surface area contributed by atoms with Crippen molar-refractivity contribution in [2.75, 3.05) is 25.0 Å². The van der Waals surface area contributed by atoms with E-state index in [-0.39, 0.29) is 5.91 Å². The van der Waals surface area contributed by atoms with E-state index in [2.05, 4.69) is 46.6 Å². The molecule has 1 atom stereocenters. The number of amides is 1. The second-order valence-corrected chi connectivity index (χ2v) is 8.27. The molecular formula is C24H30N2O2. The summed E-state index contributed by atoms with van der Waals surface area (Å²) in [6.45, 7) is 2.79. The molecule has 2 aromatic rings. The van der Waals surface area contributed by atoms with Crippen LogP contribution in [0.15, 0.2) is 48.5 Å². The van der Waals surface area contributed by atoms with Gasteiger partial charge in [0.2, 0.25) is 5.91 Å². The zero-order valence-electron chi connectivity index (χ0n) is 16.4. The van der Waals surface area contributed by atoms with E-state index < -0.39 is 6.10 Å². The quantitative estimate of drug-likeness (QED) is 0.828. The minimum Gasteiger partial charge on any atom is -0.387 e. The topological polar surface area (TPSA) is 52.6 Å². The van der Waals surface area contributed by atoms with Gasteiger partial charge in [-0.2, -0.15) is 0 Å². The number of β-amino-alcohol motifs (C(OH)–C–C–N with tert-alkyl or cyclic N) is 1. The molecule has 1 saturated heterocycles. The summed E-state index contributed by atoms with van der Waals surface area (Å²) in [5.74, 6) is 0.831. The number of nitrogens with zero attached hydrogens (tertiary/aromatic N) is 1. The van der Waals surface area contributed by atoms with Gasteiger partial charge >= 0.3 is 0 Å². The van der Waals surface area contributed by atoms with Crippen LogP contribution in [-0.4, -0.2) is 35.5 Å². The maximum Gasteiger partial charge on any atom is 0.224 e. The first-order chi connectivity index (χ1) is 13.7. The zero-order valence-corrected chi connectivity index (χ0v) is 16.4. The number of carbonyl (C=O) groups is 1. The fourth-order valence-corrected chi connectivity index (χ4v) is 4.47. The van der Waals surface area contributed by atoms with Gasteiger partial charge in [0.1, 0.15) is 0 Å². The van der Waals surface area contributed by atoms with Crippen LogP contribution < -0.4 is 5.32 Å². The predicted octanol–water partition coefficient (Wildman–Crippen LogP) is 3.95. The number of likely N-dealkylation sites (tertiary alicyclic amines) is 1. The first-order valence-corrected chi connectivity index (χ1v) is 10.5. The number of nitrogens with one attached hydrogen (secondary N) is 1. The van der Waals surface area contributed by atoms with Crippen LogP contribution in [0.25, 0.3) is 0 Å². The van der Waals surface area contributed by atoms with Gasteiger partial charge in [-0.15, -0.1) is 0 Å². The van der Waals surface area contributed by atoms with Crippen molar-refractivity contribution in [2.45, 2.75) is 44.6 Å². The molecule has 4 heteroatoms. The van der Waals surface area contributed by atoms with Crippen LogP contribution in [-0.2, 0) is 17.6 Å². The lowest BCUT2D eigenvalue weighted by molar-refractivity contribution is -0.116. The van der Waals surface area contributed by atoms with Crippen molar-refractivity contribution in [1.82, 2.24) is 4.90 Å². The van der Waals surface area contributed by atoms with E-state index >= 15 is 0 Å². The molecule has 28 heavy (non-hydrogen) atoms. The summed E-state index contributed by atoms with van der Waals surface area (Å²) in [4.78, 5) is 14.1. The molecule has 2 aromatic carbocycles. The average molecular weight is 379 g/mol. The molecule has 4 nitrogen and oxygen atoms in total. The van der Waals surface area contributed by atoms with Crippen molar-refractivity contribution < 1.29 is 9.90 Å². The zero-order chi connectivity index (χ0) is 19.3. The van der Waals surface area contributed by atoms with Gasteiger partial charge in [0, 0.05) is 18.7 Å². The van der Waals surface area contributed by atoms with E-state index in [4.69, 9.17) is 0 Å². The Labute approximate surface area is 167 Å². The Kier molecular flexibility index (Phi) is 6.08. The van der Waals surface area contributed by atoms with E-state index in [9.17, 15) is 9.90 Å². The van der Waals surface area contributed by atoms with Gasteiger partial charge < -0.3 is 15.3 Å². The van der Waals surface area contributed by atoms with Crippen molar-refractivity contribution >= 4 is 11.6 Å². The Balaban J connectivity index is 1.30. The van der Waals surface area contributed by atoms with Crippen LogP contribution in [0.4, 0.5) is 5.69 Å². The minimum atomic E-state index is -0.477. The Morgan fingerprint density at radius 3 is 2.64 bits per heavy atom. The molecule has 148 valence electrons. The number of carbonyl (C=O) groups excluding carboxylic acids is 1. The molecule has 2 heterocycles. The number of aliphatic hydroxyl groups is 1. The summed E-state index contributed by atoms with van der Waals surface area (Å²) in [6.07, 6.45) is 5.40. The van der Waals surface area contributed by atoms with E-state index in [1.807, 2.05) is 12.1 Å². The molecule has 0 spiro atoms. The number of hydrogen-bond acceptors (Lipinski definition) is 3. The van der Waals surface area contributed by atoms with Crippen LogP contribution in [0, 0.1) is 5.92 Å². The number of aryl methyl sites for hydroxylation is 1. The summed E-state index contributed by atoms with van der Waals surface area (Å²) in [5, 5.41) is 13.7. The Morgan fingerprint density at radius 2 is 1.86 bits per heavy atom. The molecule has 2 aliphatic heterocycles. The number of piperidine rings is 1. The lowest BCUT2D eigenvalue weighted by atomic mass is 9.90. The Hall–Kier alpha value is -2.17. The first-order valence-electron chi connectivity index (χ1n) is 10.5. The Morgan fingerprint density at radius 1 is 1.07 bits per heavy atom. The van der Waals surface area contributed by atoms with Gasteiger partial charge in [0.05, 0.1) is 6.10 Å². The second-order valence-electron chi connectivity index (χ2n) is 8.27. The van der Waals surface area contributed by atoms with Gasteiger partial charge in [0.25, 0.3) is 0 Å². The molecule has 0 bridgehead atoms. The first kappa shape index (κ1) is 19.2. The van der Waals surface area contributed by atoms with E-state index in [0.29, 0.717) is 13.0 Å². The molecule has 2 N–H and O–H groups in total. The van der Waals surface area contributed by atoms with E-state index in [1.54, 1.807) is 0 Å². The fraction of sp³-hybridized carbons (Fsp3) is 0.458. The molecule has 0 saturated carbocycles. The molecule has 0 aliphatic carbocycles. The molecule has 0 aromatic heterocycles. The normalized spacial score (nSPS) is 19.5. The number of benzene rings is 2. The van der Waals surface area contributed by atoms with Gasteiger partial charge in [0.15, 0.2) is 0 Å². The smallest absolute Gasteiger partial charge is 0.224 e. The molecule has 1 fully saturated rings. The maximum absolute atomic E-state index is 11.7. The second kappa shape index (κ2) is 8.89. The lowest BCUT2D eigenvalue weighted by Crippen LogP contribution is -2.37. The maximum atomic E-state index is 11.7. The van der Waals surface area contributed by atoms with Crippen LogP contribution in [0.2, 0.25) is 0 Å². The van der Waals surface area contributed by atoms with Crippen LogP contribution in [0.5, 0.6) is 0 Å². The predicted molar refractivity (Wildman–Crippen MR) is 112 cm³/mol. The third-order valence-corrected chi connectivity index (χ3v) is 6.14. The Bertz CT molecular complexity index is 798. The minimum absolute atomic E-state index is 0.0884. The van der Waals surface area contributed by atoms with Crippen LogP contribution in [0.3, 0.4) is 0 Å². The van der Waals surface area contributed by atoms with Crippen molar-refractivity contribution in [1.29, 1.82) is 0 Å². The molecule has 4 rings (SSSR count). The summed E-state index contributed by atoms with van der Waals surface area (Å²) < 4.78 is 0. The van der Waals surface area contributed by atoms with Gasteiger partial charge in [-0.05, 0) is 73.9 Å². The third-order valence-electron chi connectivity index (χ3n) is 6.14. The molecule has 1 amide bonds. The van der Waals surface area contributed by atoms with Gasteiger partial charge in [-0.1, -0.05) is 42.5 Å². The van der Waals surface area contributed by atoms with Gasteiger partial charge in [-0.25, -0.2) is 0 Å². The molecule has 1 unspecified atom stereocenters. The van der Waals surface area contributed by atoms with E-state index in [0.717, 1.165) is 55.1 Å². The largest absolute Gasteiger partial charge is 0.387 e. The van der Waals surface area contributed by atoms with Gasteiger partial charge in [-0.3, -0.25) is 4.79 Å². The highest BCUT2D eigenvalue weighted by Gasteiger charge is 2.22. The van der Waals surface area contributed by atoms with Crippen molar-refractivity contribution in [3.8, 4) is 0 Å².